The Morgan fingerprint density at radius 2 is 1.95 bits per heavy atom. The summed E-state index contributed by atoms with van der Waals surface area (Å²) < 4.78 is 21.5. The largest absolute Gasteiger partial charge is 0.453 e. The Morgan fingerprint density at radius 3 is 2.65 bits per heavy atom. The van der Waals surface area contributed by atoms with Gasteiger partial charge in [-0.25, -0.2) is 9.18 Å². The summed E-state index contributed by atoms with van der Waals surface area (Å²) in [6.07, 6.45) is 0.482. The highest BCUT2D eigenvalue weighted by molar-refractivity contribution is 6.32. The summed E-state index contributed by atoms with van der Waals surface area (Å²) in [6, 6.07) is 12.1. The van der Waals surface area contributed by atoms with Crippen LogP contribution in [0.5, 0.6) is 11.5 Å². The molecule has 0 unspecified atom stereocenters. The molecule has 1 aliphatic heterocycles. The van der Waals surface area contributed by atoms with Gasteiger partial charge in [0.15, 0.2) is 11.6 Å². The van der Waals surface area contributed by atoms with Crippen LogP contribution in [0.3, 0.4) is 0 Å². The number of urea groups is 1. The smallest absolute Gasteiger partial charge is 0.319 e. The number of H-pyrrole nitrogens is 1. The van der Waals surface area contributed by atoms with Crippen molar-refractivity contribution < 1.29 is 18.7 Å². The Bertz CT molecular complexity index is 1660. The van der Waals surface area contributed by atoms with Gasteiger partial charge in [0, 0.05) is 34.6 Å². The van der Waals surface area contributed by atoms with E-state index in [-0.39, 0.29) is 44.8 Å². The summed E-state index contributed by atoms with van der Waals surface area (Å²) in [6.45, 7) is 0.387. The number of nitrogens with zero attached hydrogens (tertiary/aromatic N) is 2. The summed E-state index contributed by atoms with van der Waals surface area (Å²) in [5.74, 6) is -1.58. The maximum absolute atomic E-state index is 15.8. The zero-order valence-corrected chi connectivity index (χ0v) is 20.6. The Labute approximate surface area is 220 Å². The number of fused-ring (bicyclic) bond motifs is 3. The third-order valence-electron chi connectivity index (χ3n) is 6.26. The van der Waals surface area contributed by atoms with E-state index in [2.05, 4.69) is 4.98 Å². The highest BCUT2D eigenvalue weighted by Crippen LogP contribution is 2.40. The zero-order chi connectivity index (χ0) is 26.4. The molecule has 186 valence electrons. The lowest BCUT2D eigenvalue weighted by Crippen LogP contribution is -2.33. The molecule has 4 aromatic rings. The summed E-state index contributed by atoms with van der Waals surface area (Å²) >= 11 is 12.3. The van der Waals surface area contributed by atoms with Gasteiger partial charge in [-0.15, -0.1) is 0 Å². The summed E-state index contributed by atoms with van der Waals surface area (Å²) in [4.78, 5) is 28.7. The lowest BCUT2D eigenvalue weighted by Gasteiger charge is -2.14. The van der Waals surface area contributed by atoms with Crippen molar-refractivity contribution in [1.82, 2.24) is 4.98 Å². The minimum atomic E-state index is -0.748. The van der Waals surface area contributed by atoms with Gasteiger partial charge >= 0.3 is 6.03 Å². The Hall–Kier alpha value is -4.26. The van der Waals surface area contributed by atoms with Crippen LogP contribution in [-0.2, 0) is 12.8 Å². The van der Waals surface area contributed by atoms with Gasteiger partial charge in [-0.05, 0) is 59.5 Å². The van der Waals surface area contributed by atoms with Crippen LogP contribution < -0.4 is 21.1 Å². The number of halogens is 3. The van der Waals surface area contributed by atoms with Gasteiger partial charge in [-0.1, -0.05) is 29.3 Å². The van der Waals surface area contributed by atoms with Crippen LogP contribution in [0.1, 0.15) is 32.7 Å². The third kappa shape index (κ3) is 4.31. The van der Waals surface area contributed by atoms with Gasteiger partial charge < -0.3 is 21.2 Å². The van der Waals surface area contributed by atoms with Crippen molar-refractivity contribution in [3.05, 3.63) is 86.3 Å². The van der Waals surface area contributed by atoms with Crippen molar-refractivity contribution in [1.29, 1.82) is 5.26 Å². The molecule has 1 aromatic heterocycles. The number of carbonyl (C=O) groups excluding carboxylic acids is 2. The van der Waals surface area contributed by atoms with E-state index in [1.54, 1.807) is 12.1 Å². The number of nitrogens with two attached hydrogens (primary N) is 2. The Morgan fingerprint density at radius 1 is 1.16 bits per heavy atom. The van der Waals surface area contributed by atoms with E-state index in [9.17, 15) is 14.9 Å². The monoisotopic (exact) mass is 537 g/mol. The maximum Gasteiger partial charge on any atom is 0.319 e. The number of nitrogens with one attached hydrogen (secondary N) is 1. The first-order chi connectivity index (χ1) is 17.7. The second-order valence-electron chi connectivity index (χ2n) is 8.48. The normalized spacial score (nSPS) is 12.4. The molecule has 1 aliphatic rings. The van der Waals surface area contributed by atoms with E-state index in [1.165, 1.54) is 35.2 Å². The minimum absolute atomic E-state index is 0.00627. The number of ether oxygens (including phenoxy) is 1. The van der Waals surface area contributed by atoms with Gasteiger partial charge in [0.25, 0.3) is 5.91 Å². The number of anilines is 1. The lowest BCUT2D eigenvalue weighted by molar-refractivity contribution is 0.0995. The predicted molar refractivity (Wildman–Crippen MR) is 138 cm³/mol. The van der Waals surface area contributed by atoms with Crippen molar-refractivity contribution in [3.63, 3.8) is 0 Å². The summed E-state index contributed by atoms with van der Waals surface area (Å²) in [5, 5.41) is 10.1. The first-order valence-electron chi connectivity index (χ1n) is 11.1. The van der Waals surface area contributed by atoms with Crippen molar-refractivity contribution in [2.24, 2.45) is 11.5 Å². The standard InChI is InChI=1S/C26H18Cl2FN5O3/c27-14-7-12(11-30)8-15(10-14)37-24-18(28)2-1-13(22(24)29)9-17-21-16-5-6-34(26(32)36)20(16)4-3-19(21)33-23(17)25(31)35/h1-4,7-8,10,33H,5-6,9H2,(H2,31,35)(H2,32,36). The van der Waals surface area contributed by atoms with E-state index >= 15 is 4.39 Å². The van der Waals surface area contributed by atoms with E-state index in [1.807, 2.05) is 6.07 Å². The quantitative estimate of drug-likeness (QED) is 0.313. The topological polar surface area (TPSA) is 138 Å². The number of rotatable bonds is 5. The number of hydrogen-bond donors (Lipinski definition) is 3. The molecule has 5 N–H and O–H groups in total. The number of nitriles is 1. The maximum atomic E-state index is 15.8. The molecule has 3 aromatic carbocycles. The van der Waals surface area contributed by atoms with Crippen LogP contribution in [0, 0.1) is 17.1 Å². The van der Waals surface area contributed by atoms with E-state index in [0.717, 1.165) is 5.56 Å². The molecule has 0 bridgehead atoms. The van der Waals surface area contributed by atoms with Gasteiger partial charge in [-0.2, -0.15) is 5.26 Å². The molecule has 3 amide bonds. The van der Waals surface area contributed by atoms with Crippen molar-refractivity contribution in [2.45, 2.75) is 12.8 Å². The van der Waals surface area contributed by atoms with Crippen molar-refractivity contribution in [3.8, 4) is 17.6 Å². The van der Waals surface area contributed by atoms with Gasteiger partial charge in [0.2, 0.25) is 0 Å². The Balaban J connectivity index is 1.61. The molecular formula is C26H18Cl2FN5O3. The fourth-order valence-corrected chi connectivity index (χ4v) is 5.09. The van der Waals surface area contributed by atoms with Gasteiger partial charge in [0.05, 0.1) is 16.7 Å². The summed E-state index contributed by atoms with van der Waals surface area (Å²) in [5.41, 5.74) is 14.3. The highest BCUT2D eigenvalue weighted by Gasteiger charge is 2.29. The van der Waals surface area contributed by atoms with Crippen molar-refractivity contribution in [2.75, 3.05) is 11.4 Å². The molecule has 2 heterocycles. The van der Waals surface area contributed by atoms with E-state index in [0.29, 0.717) is 35.1 Å². The second kappa shape index (κ2) is 9.32. The molecule has 0 radical (unpaired) electrons. The fourth-order valence-electron chi connectivity index (χ4n) is 4.68. The van der Waals surface area contributed by atoms with Gasteiger partial charge in [-0.3, -0.25) is 9.69 Å². The molecule has 37 heavy (non-hydrogen) atoms. The molecule has 5 rings (SSSR count). The average Bonchev–Trinajstić information content (AvgIpc) is 3.45. The molecular weight excluding hydrogens is 520 g/mol. The molecule has 8 nitrogen and oxygen atoms in total. The number of hydrogen-bond acceptors (Lipinski definition) is 4. The second-order valence-corrected chi connectivity index (χ2v) is 9.33. The zero-order valence-electron chi connectivity index (χ0n) is 19.1. The minimum Gasteiger partial charge on any atom is -0.453 e. The van der Waals surface area contributed by atoms with Crippen molar-refractivity contribution >= 4 is 51.7 Å². The summed E-state index contributed by atoms with van der Waals surface area (Å²) in [7, 11) is 0. The number of benzene rings is 3. The van der Waals surface area contributed by atoms with Crippen LogP contribution in [0.25, 0.3) is 10.9 Å². The first-order valence-corrected chi connectivity index (χ1v) is 11.8. The number of aromatic nitrogens is 1. The lowest BCUT2D eigenvalue weighted by atomic mass is 9.96. The highest BCUT2D eigenvalue weighted by atomic mass is 35.5. The number of aromatic amines is 1. The molecule has 0 saturated heterocycles. The SMILES string of the molecule is N#Cc1cc(Cl)cc(Oc2c(Cl)ccc(Cc3c(C(N)=O)[nH]c4ccc5c(c34)CCN5C(N)=O)c2F)c1. The number of carbonyl (C=O) groups is 2. The van der Waals surface area contributed by atoms with Crippen LogP contribution in [0.2, 0.25) is 10.0 Å². The van der Waals surface area contributed by atoms with Gasteiger partial charge in [0.1, 0.15) is 11.4 Å². The number of primary amides is 2. The molecule has 0 spiro atoms. The van der Waals surface area contributed by atoms with Crippen LogP contribution in [0.4, 0.5) is 14.9 Å². The van der Waals surface area contributed by atoms with Crippen LogP contribution >= 0.6 is 23.2 Å². The van der Waals surface area contributed by atoms with E-state index in [4.69, 9.17) is 39.4 Å². The molecule has 0 aliphatic carbocycles. The molecule has 0 atom stereocenters. The fraction of sp³-hybridized carbons (Fsp3) is 0.115. The van der Waals surface area contributed by atoms with Crippen LogP contribution in [-0.4, -0.2) is 23.5 Å². The first kappa shape index (κ1) is 24.4. The molecule has 11 heteroatoms. The average molecular weight is 538 g/mol. The number of amides is 3. The predicted octanol–water partition coefficient (Wildman–Crippen LogP) is 5.41. The molecule has 0 saturated carbocycles. The van der Waals surface area contributed by atoms with E-state index < -0.39 is 17.8 Å². The van der Waals surface area contributed by atoms with Crippen LogP contribution in [0.15, 0.2) is 42.5 Å². The Kier molecular flexibility index (Phi) is 6.15. The molecule has 0 fully saturated rings. The third-order valence-corrected chi connectivity index (χ3v) is 6.77.